The minimum Gasteiger partial charge on any atom is -0.507 e. The van der Waals surface area contributed by atoms with Crippen LogP contribution >= 0.6 is 27.7 Å². The Bertz CT molecular complexity index is 326. The Morgan fingerprint density at radius 3 is 2.85 bits per heavy atom. The normalized spacial score (nSPS) is 10.0. The zero-order chi connectivity index (χ0) is 9.84. The molecule has 0 heterocycles. The second-order valence-electron chi connectivity index (χ2n) is 2.39. The molecule has 0 amide bonds. The van der Waals surface area contributed by atoms with Crippen molar-refractivity contribution in [3.8, 4) is 5.75 Å². The zero-order valence-electron chi connectivity index (χ0n) is 7.08. The zero-order valence-corrected chi connectivity index (χ0v) is 9.48. The minimum atomic E-state index is 0.164. The van der Waals surface area contributed by atoms with Crippen LogP contribution in [-0.4, -0.2) is 17.1 Å². The fourth-order valence-corrected chi connectivity index (χ4v) is 2.23. The van der Waals surface area contributed by atoms with Gasteiger partial charge in [-0.05, 0) is 17.9 Å². The van der Waals surface area contributed by atoms with Gasteiger partial charge in [0, 0.05) is 10.0 Å². The fraction of sp³-hybridized carbons (Fsp3) is 0.222. The number of halogens is 1. The highest BCUT2D eigenvalue weighted by atomic mass is 79.9. The van der Waals surface area contributed by atoms with Gasteiger partial charge in [0.05, 0.1) is 4.90 Å². The molecule has 1 aromatic rings. The molecular formula is C9H9BrO2S. The first kappa shape index (κ1) is 10.6. The predicted molar refractivity (Wildman–Crippen MR) is 57.6 cm³/mol. The van der Waals surface area contributed by atoms with E-state index in [1.165, 1.54) is 17.8 Å². The number of carbonyl (C=O) groups excluding carboxylic acids is 1. The smallest absolute Gasteiger partial charge is 0.151 e. The van der Waals surface area contributed by atoms with Crippen molar-refractivity contribution in [1.29, 1.82) is 0 Å². The lowest BCUT2D eigenvalue weighted by Crippen LogP contribution is -1.84. The average molecular weight is 261 g/mol. The van der Waals surface area contributed by atoms with E-state index in [-0.39, 0.29) is 5.75 Å². The van der Waals surface area contributed by atoms with Gasteiger partial charge in [-0.1, -0.05) is 22.9 Å². The van der Waals surface area contributed by atoms with Crippen LogP contribution in [0.4, 0.5) is 0 Å². The van der Waals surface area contributed by atoms with Crippen LogP contribution in [0.1, 0.15) is 17.3 Å². The molecule has 0 radical (unpaired) electrons. The van der Waals surface area contributed by atoms with Gasteiger partial charge in [-0.25, -0.2) is 0 Å². The van der Waals surface area contributed by atoms with E-state index < -0.39 is 0 Å². The molecule has 4 heteroatoms. The third-order valence-electron chi connectivity index (χ3n) is 1.51. The highest BCUT2D eigenvalue weighted by molar-refractivity contribution is 9.10. The van der Waals surface area contributed by atoms with E-state index in [1.54, 1.807) is 6.07 Å². The summed E-state index contributed by atoms with van der Waals surface area (Å²) in [6, 6.07) is 3.22. The maximum atomic E-state index is 10.5. The summed E-state index contributed by atoms with van der Waals surface area (Å²) in [4.78, 5) is 11.3. The third kappa shape index (κ3) is 2.48. The van der Waals surface area contributed by atoms with Crippen LogP contribution in [0.5, 0.6) is 5.75 Å². The van der Waals surface area contributed by atoms with Gasteiger partial charge in [0.25, 0.3) is 0 Å². The molecule has 1 N–H and O–H groups in total. The Balaban J connectivity index is 3.12. The van der Waals surface area contributed by atoms with E-state index in [0.29, 0.717) is 11.8 Å². The first-order valence-corrected chi connectivity index (χ1v) is 5.57. The van der Waals surface area contributed by atoms with Gasteiger partial charge in [-0.3, -0.25) is 4.79 Å². The lowest BCUT2D eigenvalue weighted by atomic mass is 10.2. The summed E-state index contributed by atoms with van der Waals surface area (Å²) < 4.78 is 0.719. The molecule has 0 aliphatic carbocycles. The molecule has 0 aliphatic rings. The van der Waals surface area contributed by atoms with Crippen molar-refractivity contribution >= 4 is 34.0 Å². The Labute approximate surface area is 89.5 Å². The molecule has 0 aromatic heterocycles. The number of phenolic OH excluding ortho intramolecular Hbond substituents is 1. The maximum Gasteiger partial charge on any atom is 0.151 e. The molecule has 13 heavy (non-hydrogen) atoms. The van der Waals surface area contributed by atoms with E-state index in [0.717, 1.165) is 15.1 Å². The molecule has 1 aromatic carbocycles. The van der Waals surface area contributed by atoms with Crippen molar-refractivity contribution in [1.82, 2.24) is 0 Å². The third-order valence-corrected chi connectivity index (χ3v) is 3.12. The summed E-state index contributed by atoms with van der Waals surface area (Å²) >= 11 is 4.80. The molecule has 0 atom stereocenters. The highest BCUT2D eigenvalue weighted by Crippen LogP contribution is 2.32. The summed E-state index contributed by atoms with van der Waals surface area (Å²) in [7, 11) is 0. The van der Waals surface area contributed by atoms with Crippen LogP contribution < -0.4 is 0 Å². The number of rotatable bonds is 3. The van der Waals surface area contributed by atoms with Gasteiger partial charge in [0.1, 0.15) is 5.75 Å². The monoisotopic (exact) mass is 260 g/mol. The SMILES string of the molecule is CCSc1cc(Br)c(C=O)cc1O. The van der Waals surface area contributed by atoms with Gasteiger partial charge in [-0.15, -0.1) is 11.8 Å². The van der Waals surface area contributed by atoms with Gasteiger partial charge < -0.3 is 5.11 Å². The van der Waals surface area contributed by atoms with E-state index >= 15 is 0 Å². The Hall–Kier alpha value is -0.480. The van der Waals surface area contributed by atoms with Crippen molar-refractivity contribution in [2.24, 2.45) is 0 Å². The number of benzene rings is 1. The lowest BCUT2D eigenvalue weighted by Gasteiger charge is -2.04. The van der Waals surface area contributed by atoms with Crippen LogP contribution in [0.25, 0.3) is 0 Å². The van der Waals surface area contributed by atoms with Crippen LogP contribution in [0.15, 0.2) is 21.5 Å². The number of aldehydes is 1. The van der Waals surface area contributed by atoms with E-state index in [4.69, 9.17) is 0 Å². The fourth-order valence-electron chi connectivity index (χ4n) is 0.921. The lowest BCUT2D eigenvalue weighted by molar-refractivity contribution is 0.112. The van der Waals surface area contributed by atoms with Gasteiger partial charge in [-0.2, -0.15) is 0 Å². The molecule has 0 aliphatic heterocycles. The minimum absolute atomic E-state index is 0.164. The average Bonchev–Trinajstić information content (AvgIpc) is 2.11. The van der Waals surface area contributed by atoms with Crippen LogP contribution in [0, 0.1) is 0 Å². The molecule has 0 fully saturated rings. The molecule has 0 saturated carbocycles. The summed E-state index contributed by atoms with van der Waals surface area (Å²) in [5.41, 5.74) is 0.470. The van der Waals surface area contributed by atoms with Crippen LogP contribution in [0.3, 0.4) is 0 Å². The van der Waals surface area contributed by atoms with E-state index in [9.17, 15) is 9.90 Å². The predicted octanol–water partition coefficient (Wildman–Crippen LogP) is 3.08. The number of aromatic hydroxyl groups is 1. The summed E-state index contributed by atoms with van der Waals surface area (Å²) in [5.74, 6) is 1.05. The second kappa shape index (κ2) is 4.67. The molecular weight excluding hydrogens is 252 g/mol. The van der Waals surface area contributed by atoms with Crippen LogP contribution in [0.2, 0.25) is 0 Å². The molecule has 70 valence electrons. The summed E-state index contributed by atoms with van der Waals surface area (Å²) in [6.07, 6.45) is 0.712. The number of phenols is 1. The number of hydrogen-bond acceptors (Lipinski definition) is 3. The summed E-state index contributed by atoms with van der Waals surface area (Å²) in [5, 5.41) is 9.48. The Morgan fingerprint density at radius 1 is 1.62 bits per heavy atom. The molecule has 1 rings (SSSR count). The topological polar surface area (TPSA) is 37.3 Å². The second-order valence-corrected chi connectivity index (χ2v) is 4.55. The van der Waals surface area contributed by atoms with Gasteiger partial charge in [0.15, 0.2) is 6.29 Å². The molecule has 0 unspecified atom stereocenters. The van der Waals surface area contributed by atoms with Gasteiger partial charge >= 0.3 is 0 Å². The van der Waals surface area contributed by atoms with Crippen LogP contribution in [-0.2, 0) is 0 Å². The first-order chi connectivity index (χ1) is 6.19. The first-order valence-electron chi connectivity index (χ1n) is 3.79. The largest absolute Gasteiger partial charge is 0.507 e. The standard InChI is InChI=1S/C9H9BrO2S/c1-2-13-9-4-7(10)6(5-11)3-8(9)12/h3-5,12H,2H2,1H3. The summed E-state index contributed by atoms with van der Waals surface area (Å²) in [6.45, 7) is 2.01. The van der Waals surface area contributed by atoms with E-state index in [1.807, 2.05) is 6.92 Å². The van der Waals surface area contributed by atoms with Crippen molar-refractivity contribution in [3.05, 3.63) is 22.2 Å². The molecule has 0 bridgehead atoms. The maximum absolute atomic E-state index is 10.5. The Kier molecular flexibility index (Phi) is 3.81. The Morgan fingerprint density at radius 2 is 2.31 bits per heavy atom. The van der Waals surface area contributed by atoms with Crippen molar-refractivity contribution in [3.63, 3.8) is 0 Å². The van der Waals surface area contributed by atoms with Crippen molar-refractivity contribution < 1.29 is 9.90 Å². The molecule has 0 spiro atoms. The quantitative estimate of drug-likeness (QED) is 0.671. The molecule has 2 nitrogen and oxygen atoms in total. The number of hydrogen-bond donors (Lipinski definition) is 1. The number of thioether (sulfide) groups is 1. The highest BCUT2D eigenvalue weighted by Gasteiger charge is 2.06. The molecule has 0 saturated heterocycles. The van der Waals surface area contributed by atoms with E-state index in [2.05, 4.69) is 15.9 Å². The van der Waals surface area contributed by atoms with Crippen molar-refractivity contribution in [2.45, 2.75) is 11.8 Å². The van der Waals surface area contributed by atoms with Crippen molar-refractivity contribution in [2.75, 3.05) is 5.75 Å². The number of carbonyl (C=O) groups is 1. The van der Waals surface area contributed by atoms with Gasteiger partial charge in [0.2, 0.25) is 0 Å².